The second-order valence-corrected chi connectivity index (χ2v) is 5.54. The summed E-state index contributed by atoms with van der Waals surface area (Å²) in [4.78, 5) is 22.0. The lowest BCUT2D eigenvalue weighted by Crippen LogP contribution is -2.36. The Morgan fingerprint density at radius 2 is 1.69 bits per heavy atom. The van der Waals surface area contributed by atoms with Crippen LogP contribution in [0.1, 0.15) is 47.5 Å². The maximum atomic E-state index is 11.6. The van der Waals surface area contributed by atoms with Crippen LogP contribution in [0, 0.1) is 11.3 Å². The Balaban J connectivity index is 4.04. The van der Waals surface area contributed by atoms with E-state index in [0.29, 0.717) is 6.42 Å². The maximum Gasteiger partial charge on any atom is 0.305 e. The van der Waals surface area contributed by atoms with Gasteiger partial charge in [-0.3, -0.25) is 9.59 Å². The average Bonchev–Trinajstić information content (AvgIpc) is 1.98. The van der Waals surface area contributed by atoms with Gasteiger partial charge in [0.2, 0.25) is 5.91 Å². The molecule has 1 amide bonds. The van der Waals surface area contributed by atoms with E-state index < -0.39 is 5.97 Å². The van der Waals surface area contributed by atoms with Crippen LogP contribution in [0.5, 0.6) is 0 Å². The first kappa shape index (κ1) is 14.9. The fraction of sp³-hybridized carbons (Fsp3) is 0.833. The van der Waals surface area contributed by atoms with Crippen LogP contribution in [-0.2, 0) is 9.59 Å². The van der Waals surface area contributed by atoms with Gasteiger partial charge in [0.15, 0.2) is 0 Å². The molecule has 0 aliphatic rings. The highest BCUT2D eigenvalue weighted by Gasteiger charge is 2.23. The van der Waals surface area contributed by atoms with Crippen LogP contribution in [0.4, 0.5) is 0 Å². The van der Waals surface area contributed by atoms with Gasteiger partial charge in [-0.05, 0) is 18.3 Å². The average molecular weight is 229 g/mol. The van der Waals surface area contributed by atoms with Gasteiger partial charge in [0, 0.05) is 12.5 Å². The fourth-order valence-electron chi connectivity index (χ4n) is 1.23. The first-order valence-electron chi connectivity index (χ1n) is 5.64. The minimum Gasteiger partial charge on any atom is -0.481 e. The van der Waals surface area contributed by atoms with E-state index in [9.17, 15) is 9.59 Å². The van der Waals surface area contributed by atoms with Crippen molar-refractivity contribution in [2.45, 2.75) is 53.5 Å². The lowest BCUT2D eigenvalue weighted by atomic mass is 9.80. The zero-order valence-electron chi connectivity index (χ0n) is 10.8. The smallest absolute Gasteiger partial charge is 0.305 e. The molecule has 0 radical (unpaired) electrons. The summed E-state index contributed by atoms with van der Waals surface area (Å²) in [5.41, 5.74) is 0.0907. The third kappa shape index (κ3) is 6.43. The van der Waals surface area contributed by atoms with Crippen molar-refractivity contribution in [2.75, 3.05) is 0 Å². The number of carboxylic acid groups (broad SMARTS) is 1. The Kier molecular flexibility index (Phi) is 5.48. The first-order valence-corrected chi connectivity index (χ1v) is 5.64. The molecule has 0 rings (SSSR count). The van der Waals surface area contributed by atoms with Crippen LogP contribution in [-0.4, -0.2) is 23.0 Å². The second kappa shape index (κ2) is 5.87. The van der Waals surface area contributed by atoms with E-state index in [1.807, 2.05) is 6.92 Å². The molecule has 2 N–H and O–H groups in total. The van der Waals surface area contributed by atoms with Gasteiger partial charge >= 0.3 is 5.97 Å². The molecule has 0 aliphatic carbocycles. The van der Waals surface area contributed by atoms with Crippen LogP contribution in [0.2, 0.25) is 0 Å². The van der Waals surface area contributed by atoms with Gasteiger partial charge in [0.25, 0.3) is 0 Å². The largest absolute Gasteiger partial charge is 0.481 e. The minimum atomic E-state index is -0.892. The molecule has 2 atom stereocenters. The van der Waals surface area contributed by atoms with Crippen molar-refractivity contribution in [3.05, 3.63) is 0 Å². The lowest BCUT2D eigenvalue weighted by Gasteiger charge is -2.27. The molecule has 0 aliphatic heterocycles. The summed E-state index contributed by atoms with van der Waals surface area (Å²) in [7, 11) is 0. The highest BCUT2D eigenvalue weighted by molar-refractivity contribution is 5.77. The molecule has 16 heavy (non-hydrogen) atoms. The number of hydrogen-bond acceptors (Lipinski definition) is 2. The highest BCUT2D eigenvalue weighted by Crippen LogP contribution is 2.27. The molecule has 0 saturated carbocycles. The van der Waals surface area contributed by atoms with E-state index >= 15 is 0 Å². The summed E-state index contributed by atoms with van der Waals surface area (Å²) < 4.78 is 0. The fourth-order valence-corrected chi connectivity index (χ4v) is 1.23. The van der Waals surface area contributed by atoms with Crippen LogP contribution in [0.3, 0.4) is 0 Å². The SMILES string of the molecule is CC(CC(=O)O)NC(=O)CC(C)C(C)(C)C. The second-order valence-electron chi connectivity index (χ2n) is 5.54. The molecule has 4 heteroatoms. The van der Waals surface area contributed by atoms with Crippen molar-refractivity contribution in [3.8, 4) is 0 Å². The maximum absolute atomic E-state index is 11.6. The Labute approximate surface area is 97.4 Å². The molecular weight excluding hydrogens is 206 g/mol. The van der Waals surface area contributed by atoms with Crippen LogP contribution < -0.4 is 5.32 Å². The molecule has 2 unspecified atom stereocenters. The quantitative estimate of drug-likeness (QED) is 0.758. The molecular formula is C12H23NO3. The van der Waals surface area contributed by atoms with E-state index in [1.165, 1.54) is 0 Å². The van der Waals surface area contributed by atoms with Crippen LogP contribution in [0.25, 0.3) is 0 Å². The third-order valence-corrected chi connectivity index (χ3v) is 2.86. The molecule has 0 heterocycles. The molecule has 0 spiro atoms. The van der Waals surface area contributed by atoms with E-state index in [-0.39, 0.29) is 29.7 Å². The van der Waals surface area contributed by atoms with Gasteiger partial charge in [-0.25, -0.2) is 0 Å². The molecule has 4 nitrogen and oxygen atoms in total. The Morgan fingerprint density at radius 3 is 2.06 bits per heavy atom. The monoisotopic (exact) mass is 229 g/mol. The predicted molar refractivity (Wildman–Crippen MR) is 63.1 cm³/mol. The Hall–Kier alpha value is -1.06. The summed E-state index contributed by atoms with van der Waals surface area (Å²) in [6.45, 7) is 10.00. The normalized spacial score (nSPS) is 15.3. The summed E-state index contributed by atoms with van der Waals surface area (Å²) >= 11 is 0. The zero-order chi connectivity index (χ0) is 12.9. The summed E-state index contributed by atoms with van der Waals surface area (Å²) in [5.74, 6) is -0.697. The number of carbonyl (C=O) groups is 2. The number of amides is 1. The van der Waals surface area contributed by atoms with Gasteiger partial charge in [-0.15, -0.1) is 0 Å². The topological polar surface area (TPSA) is 66.4 Å². The molecule has 0 aromatic rings. The zero-order valence-corrected chi connectivity index (χ0v) is 10.8. The molecule has 0 fully saturated rings. The first-order chi connectivity index (χ1) is 7.12. The van der Waals surface area contributed by atoms with Gasteiger partial charge in [0.1, 0.15) is 0 Å². The minimum absolute atomic E-state index is 0.0321. The van der Waals surface area contributed by atoms with E-state index in [1.54, 1.807) is 6.92 Å². The van der Waals surface area contributed by atoms with E-state index in [4.69, 9.17) is 5.11 Å². The highest BCUT2D eigenvalue weighted by atomic mass is 16.4. The van der Waals surface area contributed by atoms with E-state index in [0.717, 1.165) is 0 Å². The van der Waals surface area contributed by atoms with Crippen molar-refractivity contribution in [1.29, 1.82) is 0 Å². The third-order valence-electron chi connectivity index (χ3n) is 2.86. The van der Waals surface area contributed by atoms with E-state index in [2.05, 4.69) is 26.1 Å². The molecule has 94 valence electrons. The number of carbonyl (C=O) groups excluding carboxylic acids is 1. The Morgan fingerprint density at radius 1 is 1.19 bits per heavy atom. The van der Waals surface area contributed by atoms with Gasteiger partial charge in [0.05, 0.1) is 6.42 Å². The van der Waals surface area contributed by atoms with Gasteiger partial charge in [-0.1, -0.05) is 27.7 Å². The molecule has 0 aromatic carbocycles. The summed E-state index contributed by atoms with van der Waals surface area (Å²) in [6, 6.07) is -0.308. The predicted octanol–water partition coefficient (Wildman–Crippen LogP) is 2.04. The van der Waals surface area contributed by atoms with Crippen molar-refractivity contribution in [3.63, 3.8) is 0 Å². The standard InChI is InChI=1S/C12H23NO3/c1-8(12(3,4)5)6-10(14)13-9(2)7-11(15)16/h8-9H,6-7H2,1-5H3,(H,13,14)(H,15,16). The number of aliphatic carboxylic acids is 1. The molecule has 0 bridgehead atoms. The van der Waals surface area contributed by atoms with Crippen molar-refractivity contribution in [2.24, 2.45) is 11.3 Å². The molecule has 0 aromatic heterocycles. The van der Waals surface area contributed by atoms with Crippen LogP contribution >= 0.6 is 0 Å². The number of hydrogen-bond donors (Lipinski definition) is 2. The van der Waals surface area contributed by atoms with Crippen molar-refractivity contribution in [1.82, 2.24) is 5.32 Å². The Bertz CT molecular complexity index is 255. The van der Waals surface area contributed by atoms with Gasteiger partial charge < -0.3 is 10.4 Å². The number of nitrogens with one attached hydrogen (secondary N) is 1. The number of carboxylic acids is 1. The summed E-state index contributed by atoms with van der Waals surface area (Å²) in [6.07, 6.45) is 0.406. The van der Waals surface area contributed by atoms with Crippen molar-refractivity contribution >= 4 is 11.9 Å². The molecule has 0 saturated heterocycles. The van der Waals surface area contributed by atoms with Gasteiger partial charge in [-0.2, -0.15) is 0 Å². The van der Waals surface area contributed by atoms with Crippen molar-refractivity contribution < 1.29 is 14.7 Å². The van der Waals surface area contributed by atoms with Crippen LogP contribution in [0.15, 0.2) is 0 Å². The lowest BCUT2D eigenvalue weighted by molar-refractivity contribution is -0.137. The number of rotatable bonds is 5. The summed E-state index contributed by atoms with van der Waals surface area (Å²) in [5, 5.41) is 11.3.